The second-order valence-electron chi connectivity index (χ2n) is 3.53. The number of aromatic carboxylic acids is 1. The third-order valence-corrected chi connectivity index (χ3v) is 2.79. The maximum Gasteiger partial charge on any atom is 0.336 e. The van der Waals surface area contributed by atoms with Crippen LogP contribution in [0.3, 0.4) is 0 Å². The second kappa shape index (κ2) is 6.09. The maximum absolute atomic E-state index is 13.0. The van der Waals surface area contributed by atoms with Gasteiger partial charge in [0.25, 0.3) is 0 Å². The number of carbonyl (C=O) groups is 1. The van der Waals surface area contributed by atoms with Crippen LogP contribution in [-0.4, -0.2) is 32.7 Å². The van der Waals surface area contributed by atoms with Gasteiger partial charge >= 0.3 is 5.97 Å². The molecule has 0 radical (unpaired) electrons. The van der Waals surface area contributed by atoms with Crippen LogP contribution in [0.25, 0.3) is 0 Å². The first-order valence-corrected chi connectivity index (χ1v) is 6.04. The van der Waals surface area contributed by atoms with Gasteiger partial charge in [-0.3, -0.25) is 0 Å². The summed E-state index contributed by atoms with van der Waals surface area (Å²) in [5.41, 5.74) is -0.335. The summed E-state index contributed by atoms with van der Waals surface area (Å²) in [6.45, 7) is 0. The van der Waals surface area contributed by atoms with Crippen LogP contribution in [0.5, 0.6) is 0 Å². The first-order valence-electron chi connectivity index (χ1n) is 4.92. The Morgan fingerprint density at radius 2 is 2.06 bits per heavy atom. The number of carboxylic acids is 1. The van der Waals surface area contributed by atoms with Gasteiger partial charge in [-0.25, -0.2) is 9.18 Å². The second-order valence-corrected chi connectivity index (χ2v) is 4.32. The highest BCUT2D eigenvalue weighted by atomic mass is 79.9. The van der Waals surface area contributed by atoms with E-state index in [0.717, 1.165) is 18.2 Å². The zero-order valence-corrected chi connectivity index (χ0v) is 10.4. The molecule has 2 atom stereocenters. The molecule has 4 nitrogen and oxygen atoms in total. The standard InChI is InChI=1S/C11H12BrFO4/c12-4-3-9(14)10(15)8-5-6(13)1-2-7(8)11(16)17/h1-2,5,9-10,14-15H,3-4H2,(H,16,17). The number of benzene rings is 1. The monoisotopic (exact) mass is 306 g/mol. The van der Waals surface area contributed by atoms with Gasteiger partial charge in [0.15, 0.2) is 0 Å². The molecule has 1 aromatic rings. The molecule has 0 aliphatic carbocycles. The zero-order valence-electron chi connectivity index (χ0n) is 8.81. The molecule has 6 heteroatoms. The Kier molecular flexibility index (Phi) is 5.04. The molecule has 0 bridgehead atoms. The Hall–Kier alpha value is -0.980. The third kappa shape index (κ3) is 3.49. The number of hydrogen-bond acceptors (Lipinski definition) is 3. The van der Waals surface area contributed by atoms with E-state index in [1.807, 2.05) is 0 Å². The highest BCUT2D eigenvalue weighted by Crippen LogP contribution is 2.24. The molecule has 0 heterocycles. The van der Waals surface area contributed by atoms with Gasteiger partial charge in [0.05, 0.1) is 11.7 Å². The Morgan fingerprint density at radius 1 is 1.41 bits per heavy atom. The fourth-order valence-corrected chi connectivity index (χ4v) is 1.92. The van der Waals surface area contributed by atoms with E-state index in [-0.39, 0.29) is 17.5 Å². The summed E-state index contributed by atoms with van der Waals surface area (Å²) in [5.74, 6) is -1.93. The van der Waals surface area contributed by atoms with Crippen molar-refractivity contribution in [1.29, 1.82) is 0 Å². The van der Waals surface area contributed by atoms with E-state index in [1.54, 1.807) is 0 Å². The van der Waals surface area contributed by atoms with Crippen LogP contribution in [-0.2, 0) is 0 Å². The lowest BCUT2D eigenvalue weighted by atomic mass is 9.97. The lowest BCUT2D eigenvalue weighted by Gasteiger charge is -2.19. The predicted molar refractivity (Wildman–Crippen MR) is 62.7 cm³/mol. The summed E-state index contributed by atoms with van der Waals surface area (Å²) < 4.78 is 13.0. The minimum Gasteiger partial charge on any atom is -0.478 e. The topological polar surface area (TPSA) is 77.8 Å². The third-order valence-electron chi connectivity index (χ3n) is 2.33. The van der Waals surface area contributed by atoms with E-state index in [1.165, 1.54) is 0 Å². The van der Waals surface area contributed by atoms with Gasteiger partial charge in [-0.15, -0.1) is 0 Å². The fraction of sp³-hybridized carbons (Fsp3) is 0.364. The normalized spacial score (nSPS) is 14.4. The van der Waals surface area contributed by atoms with Crippen LogP contribution in [0, 0.1) is 5.82 Å². The van der Waals surface area contributed by atoms with Crippen molar-refractivity contribution in [1.82, 2.24) is 0 Å². The molecular formula is C11H12BrFO4. The Labute approximate surface area is 106 Å². The number of halogens is 2. The average molecular weight is 307 g/mol. The number of rotatable bonds is 5. The summed E-state index contributed by atoms with van der Waals surface area (Å²) in [6.07, 6.45) is -2.33. The largest absolute Gasteiger partial charge is 0.478 e. The van der Waals surface area contributed by atoms with Crippen LogP contribution in [0.1, 0.15) is 28.4 Å². The molecule has 0 spiro atoms. The van der Waals surface area contributed by atoms with Crippen LogP contribution in [0.15, 0.2) is 18.2 Å². The Balaban J connectivity index is 3.10. The van der Waals surface area contributed by atoms with E-state index in [2.05, 4.69) is 15.9 Å². The van der Waals surface area contributed by atoms with Crippen LogP contribution >= 0.6 is 15.9 Å². The molecule has 1 rings (SSSR count). The van der Waals surface area contributed by atoms with Crippen molar-refractivity contribution in [2.75, 3.05) is 5.33 Å². The molecule has 0 amide bonds. The quantitative estimate of drug-likeness (QED) is 0.724. The molecule has 17 heavy (non-hydrogen) atoms. The smallest absolute Gasteiger partial charge is 0.336 e. The van der Waals surface area contributed by atoms with Crippen molar-refractivity contribution in [2.45, 2.75) is 18.6 Å². The summed E-state index contributed by atoms with van der Waals surface area (Å²) >= 11 is 3.09. The maximum atomic E-state index is 13.0. The van der Waals surface area contributed by atoms with E-state index in [0.29, 0.717) is 5.33 Å². The highest BCUT2D eigenvalue weighted by Gasteiger charge is 2.23. The minimum atomic E-state index is -1.42. The van der Waals surface area contributed by atoms with Gasteiger partial charge in [-0.1, -0.05) is 15.9 Å². The molecule has 1 aromatic carbocycles. The first kappa shape index (κ1) is 14.1. The average Bonchev–Trinajstić information content (AvgIpc) is 2.27. The van der Waals surface area contributed by atoms with Crippen molar-refractivity contribution in [2.24, 2.45) is 0 Å². The van der Waals surface area contributed by atoms with Crippen molar-refractivity contribution in [3.63, 3.8) is 0 Å². The number of alkyl halides is 1. The fourth-order valence-electron chi connectivity index (χ4n) is 1.45. The van der Waals surface area contributed by atoms with Gasteiger partial charge in [0.2, 0.25) is 0 Å². The van der Waals surface area contributed by atoms with E-state index in [9.17, 15) is 19.4 Å². The number of aliphatic hydroxyl groups excluding tert-OH is 2. The highest BCUT2D eigenvalue weighted by molar-refractivity contribution is 9.09. The van der Waals surface area contributed by atoms with Crippen molar-refractivity contribution >= 4 is 21.9 Å². The molecule has 0 aliphatic heterocycles. The molecule has 0 aliphatic rings. The summed E-state index contributed by atoms with van der Waals surface area (Å²) in [5, 5.41) is 28.7. The van der Waals surface area contributed by atoms with Crippen molar-refractivity contribution in [3.05, 3.63) is 35.1 Å². The lowest BCUT2D eigenvalue weighted by Crippen LogP contribution is -2.21. The van der Waals surface area contributed by atoms with Crippen molar-refractivity contribution < 1.29 is 24.5 Å². The van der Waals surface area contributed by atoms with E-state index in [4.69, 9.17) is 5.11 Å². The molecular weight excluding hydrogens is 295 g/mol. The molecule has 0 aromatic heterocycles. The molecule has 0 saturated carbocycles. The summed E-state index contributed by atoms with van der Waals surface area (Å²) in [7, 11) is 0. The molecule has 0 saturated heterocycles. The SMILES string of the molecule is O=C(O)c1ccc(F)cc1C(O)C(O)CCBr. The number of hydrogen-bond donors (Lipinski definition) is 3. The lowest BCUT2D eigenvalue weighted by molar-refractivity contribution is 0.0162. The summed E-state index contributed by atoms with van der Waals surface area (Å²) in [4.78, 5) is 10.9. The van der Waals surface area contributed by atoms with Gasteiger partial charge in [-0.2, -0.15) is 0 Å². The van der Waals surface area contributed by atoms with Crippen LogP contribution in [0.2, 0.25) is 0 Å². The van der Waals surface area contributed by atoms with Gasteiger partial charge in [0, 0.05) is 10.9 Å². The Bertz CT molecular complexity index is 410. The zero-order chi connectivity index (χ0) is 13.0. The number of carboxylic acid groups (broad SMARTS) is 1. The molecule has 2 unspecified atom stereocenters. The van der Waals surface area contributed by atoms with Crippen molar-refractivity contribution in [3.8, 4) is 0 Å². The number of aliphatic hydroxyl groups is 2. The minimum absolute atomic E-state index is 0.119. The molecule has 94 valence electrons. The first-order chi connectivity index (χ1) is 7.97. The van der Waals surface area contributed by atoms with Crippen LogP contribution < -0.4 is 0 Å². The van der Waals surface area contributed by atoms with Gasteiger partial charge in [-0.05, 0) is 24.6 Å². The van der Waals surface area contributed by atoms with Gasteiger partial charge in [0.1, 0.15) is 11.9 Å². The van der Waals surface area contributed by atoms with E-state index >= 15 is 0 Å². The van der Waals surface area contributed by atoms with Gasteiger partial charge < -0.3 is 15.3 Å². The Morgan fingerprint density at radius 3 is 2.59 bits per heavy atom. The molecule has 0 fully saturated rings. The predicted octanol–water partition coefficient (Wildman–Crippen LogP) is 1.70. The van der Waals surface area contributed by atoms with E-state index < -0.39 is 24.0 Å². The van der Waals surface area contributed by atoms with Crippen LogP contribution in [0.4, 0.5) is 4.39 Å². The summed E-state index contributed by atoms with van der Waals surface area (Å²) in [6, 6.07) is 2.99. The molecule has 3 N–H and O–H groups in total.